The maximum absolute atomic E-state index is 12.5. The summed E-state index contributed by atoms with van der Waals surface area (Å²) in [6.07, 6.45) is 5.87. The molecule has 1 saturated carbocycles. The van der Waals surface area contributed by atoms with Crippen LogP contribution in [-0.2, 0) is 4.79 Å². The highest BCUT2D eigenvalue weighted by Gasteiger charge is 2.52. The minimum absolute atomic E-state index is 0. The van der Waals surface area contributed by atoms with Gasteiger partial charge in [-0.25, -0.2) is 4.79 Å². The maximum atomic E-state index is 12.5. The summed E-state index contributed by atoms with van der Waals surface area (Å²) in [5.41, 5.74) is 5.42. The Balaban J connectivity index is 0.00000208. The molecule has 3 aliphatic rings. The molecule has 136 valence electrons. The molecule has 2 saturated heterocycles. The fraction of sp³-hybridized carbons (Fsp3) is 0.812. The number of hydrogen-bond donors (Lipinski definition) is 2. The third-order valence-corrected chi connectivity index (χ3v) is 5.28. The summed E-state index contributed by atoms with van der Waals surface area (Å²) in [5, 5.41) is 2.88. The van der Waals surface area contributed by atoms with Gasteiger partial charge in [0.15, 0.2) is 5.96 Å². The van der Waals surface area contributed by atoms with E-state index >= 15 is 0 Å². The molecule has 0 aromatic heterocycles. The highest BCUT2D eigenvalue weighted by Crippen LogP contribution is 2.34. The molecule has 3 rings (SSSR count). The number of amides is 3. The van der Waals surface area contributed by atoms with Crippen molar-refractivity contribution in [3.63, 3.8) is 0 Å². The average Bonchev–Trinajstić information content (AvgIpc) is 3.08. The molecule has 2 heterocycles. The Morgan fingerprint density at radius 1 is 1.33 bits per heavy atom. The van der Waals surface area contributed by atoms with Crippen molar-refractivity contribution >= 4 is 41.9 Å². The van der Waals surface area contributed by atoms with Crippen LogP contribution in [0, 0.1) is 5.92 Å². The second-order valence-electron chi connectivity index (χ2n) is 7.11. The van der Waals surface area contributed by atoms with Gasteiger partial charge >= 0.3 is 6.03 Å². The van der Waals surface area contributed by atoms with Gasteiger partial charge in [-0.3, -0.25) is 14.7 Å². The number of aliphatic imine (C=N–C) groups is 1. The number of rotatable bonds is 3. The van der Waals surface area contributed by atoms with Gasteiger partial charge in [-0.2, -0.15) is 0 Å². The molecule has 0 radical (unpaired) electrons. The highest BCUT2D eigenvalue weighted by molar-refractivity contribution is 14.0. The summed E-state index contributed by atoms with van der Waals surface area (Å²) < 4.78 is 0. The Hall–Kier alpha value is -1.06. The van der Waals surface area contributed by atoms with Crippen molar-refractivity contribution in [1.29, 1.82) is 0 Å². The Bertz CT molecular complexity index is 519. The molecule has 3 amide bonds. The van der Waals surface area contributed by atoms with Crippen molar-refractivity contribution < 1.29 is 9.59 Å². The van der Waals surface area contributed by atoms with Gasteiger partial charge < -0.3 is 16.0 Å². The number of halogens is 1. The summed E-state index contributed by atoms with van der Waals surface area (Å²) in [6, 6.07) is -0.280. The van der Waals surface area contributed by atoms with Crippen LogP contribution < -0.4 is 11.1 Å². The third kappa shape index (κ3) is 3.78. The first kappa shape index (κ1) is 19.3. The van der Waals surface area contributed by atoms with Crippen molar-refractivity contribution in [3.05, 3.63) is 0 Å². The van der Waals surface area contributed by atoms with Gasteiger partial charge in [-0.1, -0.05) is 19.8 Å². The number of nitrogens with two attached hydrogens (primary N) is 1. The first-order valence-corrected chi connectivity index (χ1v) is 8.71. The van der Waals surface area contributed by atoms with Crippen LogP contribution in [0.1, 0.15) is 45.4 Å². The predicted molar refractivity (Wildman–Crippen MR) is 103 cm³/mol. The van der Waals surface area contributed by atoms with Crippen molar-refractivity contribution in [2.45, 2.75) is 51.0 Å². The van der Waals surface area contributed by atoms with E-state index in [9.17, 15) is 9.59 Å². The Kier molecular flexibility index (Phi) is 6.33. The standard InChI is InChI=1S/C16H27N5O2.HI/c1-12-5-4-9-20(11-12)14(17)18-8-10-21-13(22)16(19-15(21)23)6-2-3-7-16;/h12H,2-11H2,1H3,(H2,17,18)(H,19,23);1H. The monoisotopic (exact) mass is 449 g/mol. The number of carbonyl (C=O) groups is 2. The second-order valence-corrected chi connectivity index (χ2v) is 7.11. The number of nitrogens with one attached hydrogen (secondary N) is 1. The number of imide groups is 1. The van der Waals surface area contributed by atoms with Crippen molar-refractivity contribution in [2.24, 2.45) is 16.6 Å². The van der Waals surface area contributed by atoms with Crippen LogP contribution in [0.5, 0.6) is 0 Å². The van der Waals surface area contributed by atoms with E-state index in [1.165, 1.54) is 11.3 Å². The zero-order valence-corrected chi connectivity index (χ0v) is 16.6. The zero-order chi connectivity index (χ0) is 16.4. The molecule has 24 heavy (non-hydrogen) atoms. The van der Waals surface area contributed by atoms with Gasteiger partial charge in [-0.15, -0.1) is 24.0 Å². The van der Waals surface area contributed by atoms with Crippen molar-refractivity contribution in [3.8, 4) is 0 Å². The largest absolute Gasteiger partial charge is 0.370 e. The smallest absolute Gasteiger partial charge is 0.325 e. The molecule has 2 aliphatic heterocycles. The molecule has 3 N–H and O–H groups in total. The molecular formula is C16H28IN5O2. The minimum Gasteiger partial charge on any atom is -0.370 e. The molecule has 0 aromatic carbocycles. The highest BCUT2D eigenvalue weighted by atomic mass is 127. The zero-order valence-electron chi connectivity index (χ0n) is 14.3. The van der Waals surface area contributed by atoms with E-state index in [1.54, 1.807) is 0 Å². The number of likely N-dealkylation sites (tertiary alicyclic amines) is 1. The quantitative estimate of drug-likeness (QED) is 0.296. The minimum atomic E-state index is -0.630. The van der Waals surface area contributed by atoms with Crippen LogP contribution in [0.25, 0.3) is 0 Å². The first-order valence-electron chi connectivity index (χ1n) is 8.71. The van der Waals surface area contributed by atoms with Gasteiger partial charge in [0, 0.05) is 13.1 Å². The van der Waals surface area contributed by atoms with Gasteiger partial charge in [0.05, 0.1) is 13.1 Å². The van der Waals surface area contributed by atoms with E-state index in [1.807, 2.05) is 0 Å². The Labute approximate surface area is 160 Å². The Morgan fingerprint density at radius 2 is 2.04 bits per heavy atom. The number of nitrogens with zero attached hydrogens (tertiary/aromatic N) is 3. The van der Waals surface area contributed by atoms with Crippen LogP contribution >= 0.6 is 24.0 Å². The van der Waals surface area contributed by atoms with Gasteiger partial charge in [0.1, 0.15) is 5.54 Å². The average molecular weight is 449 g/mol. The van der Waals surface area contributed by atoms with E-state index in [-0.39, 0.29) is 35.9 Å². The lowest BCUT2D eigenvalue weighted by Crippen LogP contribution is -2.44. The number of piperidine rings is 1. The number of urea groups is 1. The van der Waals surface area contributed by atoms with Gasteiger partial charge in [0.25, 0.3) is 5.91 Å². The molecule has 0 bridgehead atoms. The SMILES string of the molecule is CC1CCCN(C(N)=NCCN2C(=O)NC3(CCCC3)C2=O)C1.I. The van der Waals surface area contributed by atoms with Gasteiger partial charge in [-0.05, 0) is 31.6 Å². The van der Waals surface area contributed by atoms with E-state index in [4.69, 9.17) is 5.73 Å². The molecule has 7 nitrogen and oxygen atoms in total. The van der Waals surface area contributed by atoms with E-state index < -0.39 is 5.54 Å². The fourth-order valence-electron chi connectivity index (χ4n) is 3.96. The summed E-state index contributed by atoms with van der Waals surface area (Å²) in [6.45, 7) is 4.75. The summed E-state index contributed by atoms with van der Waals surface area (Å²) >= 11 is 0. The van der Waals surface area contributed by atoms with Crippen LogP contribution in [0.3, 0.4) is 0 Å². The summed E-state index contributed by atoms with van der Waals surface area (Å²) in [7, 11) is 0. The topological polar surface area (TPSA) is 91.0 Å². The van der Waals surface area contributed by atoms with Crippen LogP contribution in [0.15, 0.2) is 4.99 Å². The molecule has 1 spiro atoms. The molecule has 3 fully saturated rings. The lowest BCUT2D eigenvalue weighted by atomic mass is 9.98. The van der Waals surface area contributed by atoms with E-state index in [0.717, 1.165) is 45.2 Å². The molecule has 1 unspecified atom stereocenters. The first-order chi connectivity index (χ1) is 11.0. The molecule has 8 heteroatoms. The Morgan fingerprint density at radius 3 is 2.71 bits per heavy atom. The van der Waals surface area contributed by atoms with E-state index in [2.05, 4.69) is 22.1 Å². The number of guanidine groups is 1. The lowest BCUT2D eigenvalue weighted by Gasteiger charge is -2.31. The van der Waals surface area contributed by atoms with E-state index in [0.29, 0.717) is 25.0 Å². The van der Waals surface area contributed by atoms with Crippen LogP contribution in [0.4, 0.5) is 4.79 Å². The lowest BCUT2D eigenvalue weighted by molar-refractivity contribution is -0.131. The van der Waals surface area contributed by atoms with Crippen LogP contribution in [-0.4, -0.2) is 59.4 Å². The molecular weight excluding hydrogens is 421 g/mol. The molecule has 1 aliphatic carbocycles. The predicted octanol–water partition coefficient (Wildman–Crippen LogP) is 1.52. The number of hydrogen-bond acceptors (Lipinski definition) is 3. The maximum Gasteiger partial charge on any atom is 0.325 e. The summed E-state index contributed by atoms with van der Waals surface area (Å²) in [4.78, 5) is 32.4. The second kappa shape index (κ2) is 7.88. The number of carbonyl (C=O) groups excluding carboxylic acids is 2. The third-order valence-electron chi connectivity index (χ3n) is 5.28. The molecule has 0 aromatic rings. The van der Waals surface area contributed by atoms with Crippen molar-refractivity contribution in [2.75, 3.05) is 26.2 Å². The fourth-order valence-corrected chi connectivity index (χ4v) is 3.96. The van der Waals surface area contributed by atoms with Crippen LogP contribution in [0.2, 0.25) is 0 Å². The van der Waals surface area contributed by atoms with Crippen molar-refractivity contribution in [1.82, 2.24) is 15.1 Å². The van der Waals surface area contributed by atoms with Gasteiger partial charge in [0.2, 0.25) is 0 Å². The normalized spacial score (nSPS) is 26.7. The summed E-state index contributed by atoms with van der Waals surface area (Å²) in [5.74, 6) is 1.07. The molecule has 1 atom stereocenters.